The monoisotopic (exact) mass is 261 g/mol. The van der Waals surface area contributed by atoms with Crippen LogP contribution in [-0.4, -0.2) is 23.1 Å². The summed E-state index contributed by atoms with van der Waals surface area (Å²) in [6.07, 6.45) is 9.22. The molecule has 1 saturated carbocycles. The zero-order valence-electron chi connectivity index (χ0n) is 10.5. The van der Waals surface area contributed by atoms with Crippen molar-refractivity contribution in [3.05, 3.63) is 24.0 Å². The lowest BCUT2D eigenvalue weighted by Gasteiger charge is -2.42. The first-order valence-electron chi connectivity index (χ1n) is 6.73. The average Bonchev–Trinajstić information content (AvgIpc) is 2.38. The second-order valence-corrected chi connectivity index (χ2v) is 6.00. The van der Waals surface area contributed by atoms with Crippen LogP contribution in [0.4, 0.5) is 5.69 Å². The van der Waals surface area contributed by atoms with E-state index in [9.17, 15) is 0 Å². The molecule has 1 aliphatic carbocycles. The first-order valence-corrected chi connectivity index (χ1v) is 7.13. The van der Waals surface area contributed by atoms with Crippen molar-refractivity contribution in [2.45, 2.75) is 25.7 Å². The lowest BCUT2D eigenvalue weighted by molar-refractivity contribution is 0.231. The molecule has 0 aromatic carbocycles. The summed E-state index contributed by atoms with van der Waals surface area (Å²) in [7, 11) is 0. The average molecular weight is 261 g/mol. The molecule has 0 amide bonds. The van der Waals surface area contributed by atoms with E-state index in [-0.39, 0.29) is 0 Å². The van der Waals surface area contributed by atoms with Crippen molar-refractivity contribution in [2.75, 3.05) is 18.0 Å². The Morgan fingerprint density at radius 2 is 2.06 bits per heavy atom. The molecule has 0 radical (unpaired) electrons. The number of aromatic nitrogens is 1. The number of nitrogens with zero attached hydrogens (tertiary/aromatic N) is 2. The molecule has 2 bridgehead atoms. The highest BCUT2D eigenvalue weighted by Gasteiger charge is 2.31. The Kier molecular flexibility index (Phi) is 3.20. The summed E-state index contributed by atoms with van der Waals surface area (Å²) in [5, 5.41) is 0. The molecule has 1 saturated heterocycles. The molecular weight excluding hydrogens is 242 g/mol. The van der Waals surface area contributed by atoms with Gasteiger partial charge in [0.2, 0.25) is 0 Å². The second-order valence-electron chi connectivity index (χ2n) is 5.56. The van der Waals surface area contributed by atoms with E-state index in [1.807, 2.05) is 12.3 Å². The zero-order chi connectivity index (χ0) is 12.5. The molecule has 2 unspecified atom stereocenters. The fourth-order valence-electron chi connectivity index (χ4n) is 3.48. The van der Waals surface area contributed by atoms with Crippen molar-refractivity contribution in [3.63, 3.8) is 0 Å². The van der Waals surface area contributed by atoms with Gasteiger partial charge in [0.1, 0.15) is 4.99 Å². The van der Waals surface area contributed by atoms with E-state index in [4.69, 9.17) is 18.0 Å². The maximum absolute atomic E-state index is 5.81. The van der Waals surface area contributed by atoms with Gasteiger partial charge in [-0.05, 0) is 37.2 Å². The molecule has 2 fully saturated rings. The summed E-state index contributed by atoms with van der Waals surface area (Å²) >= 11 is 5.14. The minimum absolute atomic E-state index is 0.475. The van der Waals surface area contributed by atoms with Crippen LogP contribution in [0.2, 0.25) is 0 Å². The molecule has 96 valence electrons. The summed E-state index contributed by atoms with van der Waals surface area (Å²) in [6, 6.07) is 1.93. The molecule has 2 atom stereocenters. The molecule has 3 nitrogen and oxygen atoms in total. The molecule has 1 aromatic heterocycles. The normalized spacial score (nSPS) is 27.0. The third-order valence-corrected chi connectivity index (χ3v) is 4.47. The Balaban J connectivity index is 1.88. The van der Waals surface area contributed by atoms with Crippen molar-refractivity contribution in [2.24, 2.45) is 17.6 Å². The Hall–Kier alpha value is -1.16. The SMILES string of the molecule is NC(=S)c1ccncc1N1CC2CCCC(C2)C1. The quantitative estimate of drug-likeness (QED) is 0.830. The van der Waals surface area contributed by atoms with E-state index in [0.717, 1.165) is 36.2 Å². The number of hydrogen-bond donors (Lipinski definition) is 1. The minimum Gasteiger partial charge on any atom is -0.389 e. The van der Waals surface area contributed by atoms with Crippen LogP contribution in [-0.2, 0) is 0 Å². The van der Waals surface area contributed by atoms with Crippen molar-refractivity contribution >= 4 is 22.9 Å². The Bertz CT molecular complexity index is 448. The maximum Gasteiger partial charge on any atom is 0.106 e. The van der Waals surface area contributed by atoms with E-state index in [2.05, 4.69) is 9.88 Å². The molecule has 2 aliphatic rings. The number of pyridine rings is 1. The highest BCUT2D eigenvalue weighted by Crippen LogP contribution is 2.36. The summed E-state index contributed by atoms with van der Waals surface area (Å²) in [5.74, 6) is 1.69. The standard InChI is InChI=1S/C14H19N3S/c15-14(18)12-4-5-16-7-13(12)17-8-10-2-1-3-11(6-10)9-17/h4-5,7,10-11H,1-3,6,8-9H2,(H2,15,18). The second kappa shape index (κ2) is 4.84. The largest absolute Gasteiger partial charge is 0.389 e. The summed E-state index contributed by atoms with van der Waals surface area (Å²) in [5.41, 5.74) is 7.91. The van der Waals surface area contributed by atoms with Gasteiger partial charge in [0.15, 0.2) is 0 Å². The van der Waals surface area contributed by atoms with E-state index >= 15 is 0 Å². The topological polar surface area (TPSA) is 42.1 Å². The van der Waals surface area contributed by atoms with Gasteiger partial charge in [0.25, 0.3) is 0 Å². The third-order valence-electron chi connectivity index (χ3n) is 4.25. The predicted octanol–water partition coefficient (Wildman–Crippen LogP) is 2.34. The smallest absolute Gasteiger partial charge is 0.106 e. The molecule has 4 heteroatoms. The Morgan fingerprint density at radius 1 is 1.33 bits per heavy atom. The van der Waals surface area contributed by atoms with Crippen LogP contribution >= 0.6 is 12.2 Å². The fourth-order valence-corrected chi connectivity index (χ4v) is 3.65. The lowest BCUT2D eigenvalue weighted by Crippen LogP contribution is -2.43. The summed E-state index contributed by atoms with van der Waals surface area (Å²) in [6.45, 7) is 2.27. The Morgan fingerprint density at radius 3 is 2.72 bits per heavy atom. The van der Waals surface area contributed by atoms with Gasteiger partial charge < -0.3 is 10.6 Å². The van der Waals surface area contributed by atoms with Gasteiger partial charge in [-0.1, -0.05) is 18.6 Å². The summed E-state index contributed by atoms with van der Waals surface area (Å²) in [4.78, 5) is 7.16. The highest BCUT2D eigenvalue weighted by molar-refractivity contribution is 7.80. The molecule has 18 heavy (non-hydrogen) atoms. The maximum atomic E-state index is 5.81. The van der Waals surface area contributed by atoms with Gasteiger partial charge in [-0.3, -0.25) is 4.98 Å². The predicted molar refractivity (Wildman–Crippen MR) is 77.8 cm³/mol. The van der Waals surface area contributed by atoms with Gasteiger partial charge >= 0.3 is 0 Å². The van der Waals surface area contributed by atoms with Gasteiger partial charge in [-0.2, -0.15) is 0 Å². The van der Waals surface area contributed by atoms with Crippen molar-refractivity contribution in [1.82, 2.24) is 4.98 Å². The zero-order valence-corrected chi connectivity index (χ0v) is 11.3. The molecule has 3 rings (SSSR count). The number of anilines is 1. The van der Waals surface area contributed by atoms with E-state index < -0.39 is 0 Å². The molecule has 2 N–H and O–H groups in total. The van der Waals surface area contributed by atoms with E-state index in [0.29, 0.717) is 4.99 Å². The number of hydrogen-bond acceptors (Lipinski definition) is 3. The van der Waals surface area contributed by atoms with Crippen molar-refractivity contribution in [1.29, 1.82) is 0 Å². The summed E-state index contributed by atoms with van der Waals surface area (Å²) < 4.78 is 0. The number of rotatable bonds is 2. The minimum atomic E-state index is 0.475. The van der Waals surface area contributed by atoms with Crippen LogP contribution in [0, 0.1) is 11.8 Å². The number of fused-ring (bicyclic) bond motifs is 2. The first-order chi connectivity index (χ1) is 8.74. The molecule has 1 aromatic rings. The lowest BCUT2D eigenvalue weighted by atomic mass is 9.78. The van der Waals surface area contributed by atoms with Crippen LogP contribution < -0.4 is 10.6 Å². The van der Waals surface area contributed by atoms with Crippen LogP contribution in [0.1, 0.15) is 31.2 Å². The van der Waals surface area contributed by atoms with E-state index in [1.54, 1.807) is 6.20 Å². The van der Waals surface area contributed by atoms with Gasteiger partial charge in [-0.25, -0.2) is 0 Å². The van der Waals surface area contributed by atoms with Crippen molar-refractivity contribution < 1.29 is 0 Å². The molecule has 1 aliphatic heterocycles. The van der Waals surface area contributed by atoms with Gasteiger partial charge in [0, 0.05) is 24.8 Å². The molecule has 2 heterocycles. The molecular formula is C14H19N3S. The number of nitrogens with two attached hydrogens (primary N) is 1. The van der Waals surface area contributed by atoms with Crippen LogP contribution in [0.3, 0.4) is 0 Å². The molecule has 0 spiro atoms. The van der Waals surface area contributed by atoms with Crippen LogP contribution in [0.15, 0.2) is 18.5 Å². The van der Waals surface area contributed by atoms with Gasteiger partial charge in [-0.15, -0.1) is 0 Å². The van der Waals surface area contributed by atoms with Crippen LogP contribution in [0.25, 0.3) is 0 Å². The van der Waals surface area contributed by atoms with Crippen molar-refractivity contribution in [3.8, 4) is 0 Å². The van der Waals surface area contributed by atoms with Gasteiger partial charge in [0.05, 0.1) is 11.9 Å². The Labute approximate surface area is 113 Å². The number of thiocarbonyl (C=S) groups is 1. The first kappa shape index (κ1) is 11.9. The van der Waals surface area contributed by atoms with Crippen LogP contribution in [0.5, 0.6) is 0 Å². The van der Waals surface area contributed by atoms with E-state index in [1.165, 1.54) is 25.7 Å². The fraction of sp³-hybridized carbons (Fsp3) is 0.571. The number of piperidine rings is 1. The highest BCUT2D eigenvalue weighted by atomic mass is 32.1. The third kappa shape index (κ3) is 2.21.